The molecule has 0 aliphatic rings. The van der Waals surface area contributed by atoms with E-state index >= 15 is 0 Å². The number of nitro benzene ring substituents is 1. The Kier molecular flexibility index (Phi) is 7.44. The van der Waals surface area contributed by atoms with Crippen LogP contribution in [0.1, 0.15) is 0 Å². The molecule has 3 aromatic heterocycles. The number of thioether (sulfide) groups is 1. The van der Waals surface area contributed by atoms with Gasteiger partial charge in [-0.15, -0.1) is 26.6 Å². The van der Waals surface area contributed by atoms with Crippen molar-refractivity contribution in [1.82, 2.24) is 25.2 Å². The van der Waals surface area contributed by atoms with E-state index in [1.807, 2.05) is 58.5 Å². The van der Waals surface area contributed by atoms with E-state index < -0.39 is 4.92 Å². The number of hydrogen-bond donors (Lipinski definition) is 1. The van der Waals surface area contributed by atoms with E-state index in [4.69, 9.17) is 0 Å². The lowest BCUT2D eigenvalue weighted by Crippen LogP contribution is -2.25. The third-order valence-corrected chi connectivity index (χ3v) is 7.89. The second kappa shape index (κ2) is 11.2. The highest BCUT2D eigenvalue weighted by molar-refractivity contribution is 8.01. The molecule has 37 heavy (non-hydrogen) atoms. The van der Waals surface area contributed by atoms with Gasteiger partial charge in [0.2, 0.25) is 4.80 Å². The van der Waals surface area contributed by atoms with Crippen LogP contribution in [0.4, 0.5) is 5.69 Å². The molecule has 184 valence electrons. The number of non-ortho nitro benzene ring substituents is 1. The third-order valence-electron chi connectivity index (χ3n) is 4.99. The van der Waals surface area contributed by atoms with E-state index in [2.05, 4.69) is 25.7 Å². The Morgan fingerprint density at radius 1 is 1.05 bits per heavy atom. The molecule has 0 unspecified atom stereocenters. The number of nitrogens with one attached hydrogen (secondary N) is 1. The zero-order chi connectivity index (χ0) is 25.6. The molecule has 1 amide bonds. The fourth-order valence-electron chi connectivity index (χ4n) is 3.30. The van der Waals surface area contributed by atoms with Crippen molar-refractivity contribution >= 4 is 46.0 Å². The van der Waals surface area contributed by atoms with Gasteiger partial charge in [-0.25, -0.2) is 5.43 Å². The number of benzene rings is 2. The standard InChI is InChI=1S/C24H17N7O3S3/c32-21(15-36-24-29-27-22(37-24)19-8-4-5-13-25-19)26-28-23-30(17-9-11-18(12-10-17)31(33)34)20(14-35-23)16-6-2-1-3-7-16/h1-14H,15H2,(H,26,32)/b28-23+. The quantitative estimate of drug-likeness (QED) is 0.169. The maximum Gasteiger partial charge on any atom is 0.269 e. The van der Waals surface area contributed by atoms with Gasteiger partial charge in [0.1, 0.15) is 5.69 Å². The van der Waals surface area contributed by atoms with Gasteiger partial charge in [0.15, 0.2) is 9.35 Å². The highest BCUT2D eigenvalue weighted by atomic mass is 32.2. The first-order chi connectivity index (χ1) is 18.1. The van der Waals surface area contributed by atoms with Gasteiger partial charge in [-0.1, -0.05) is 59.5 Å². The summed E-state index contributed by atoms with van der Waals surface area (Å²) in [5, 5.41) is 26.3. The topological polar surface area (TPSA) is 128 Å². The highest BCUT2D eigenvalue weighted by Gasteiger charge is 2.13. The van der Waals surface area contributed by atoms with Gasteiger partial charge in [-0.2, -0.15) is 0 Å². The van der Waals surface area contributed by atoms with Crippen LogP contribution in [-0.4, -0.2) is 36.3 Å². The van der Waals surface area contributed by atoms with Gasteiger partial charge in [0, 0.05) is 29.4 Å². The van der Waals surface area contributed by atoms with Crippen molar-refractivity contribution in [2.24, 2.45) is 5.10 Å². The smallest absolute Gasteiger partial charge is 0.269 e. The first-order valence-electron chi connectivity index (χ1n) is 10.8. The van der Waals surface area contributed by atoms with Crippen molar-refractivity contribution in [3.05, 3.63) is 99.3 Å². The molecule has 0 radical (unpaired) electrons. The van der Waals surface area contributed by atoms with Crippen LogP contribution in [0.15, 0.2) is 93.8 Å². The first kappa shape index (κ1) is 24.5. The summed E-state index contributed by atoms with van der Waals surface area (Å²) in [4.78, 5) is 28.0. The van der Waals surface area contributed by atoms with Gasteiger partial charge >= 0.3 is 0 Å². The van der Waals surface area contributed by atoms with Crippen molar-refractivity contribution in [1.29, 1.82) is 0 Å². The second-order valence-electron chi connectivity index (χ2n) is 7.40. The molecule has 5 rings (SSSR count). The van der Waals surface area contributed by atoms with E-state index in [0.29, 0.717) is 19.8 Å². The number of pyridine rings is 1. The summed E-state index contributed by atoms with van der Waals surface area (Å²) in [5.74, 6) is -0.195. The summed E-state index contributed by atoms with van der Waals surface area (Å²) < 4.78 is 2.50. The lowest BCUT2D eigenvalue weighted by molar-refractivity contribution is -0.384. The molecule has 0 fully saturated rings. The number of aromatic nitrogens is 4. The van der Waals surface area contributed by atoms with E-state index in [1.165, 1.54) is 46.6 Å². The van der Waals surface area contributed by atoms with Crippen LogP contribution in [0.3, 0.4) is 0 Å². The SMILES string of the molecule is O=C(CSc1nnc(-c2ccccn2)s1)N/N=c1/scc(-c2ccccc2)n1-c1ccc([N+](=O)[O-])cc1. The molecule has 0 saturated carbocycles. The van der Waals surface area contributed by atoms with Gasteiger partial charge in [-0.3, -0.25) is 24.5 Å². The van der Waals surface area contributed by atoms with Crippen LogP contribution in [0.5, 0.6) is 0 Å². The predicted molar refractivity (Wildman–Crippen MR) is 143 cm³/mol. The van der Waals surface area contributed by atoms with Crippen molar-refractivity contribution in [3.8, 4) is 27.6 Å². The molecule has 2 aromatic carbocycles. The number of thiazole rings is 1. The number of carbonyl (C=O) groups excluding carboxylic acids is 1. The number of hydrogen-bond acceptors (Lipinski definition) is 10. The zero-order valence-corrected chi connectivity index (χ0v) is 21.4. The average Bonchev–Trinajstić information content (AvgIpc) is 3.59. The number of carbonyl (C=O) groups is 1. The van der Waals surface area contributed by atoms with E-state index in [9.17, 15) is 14.9 Å². The summed E-state index contributed by atoms with van der Waals surface area (Å²) >= 11 is 3.98. The normalized spacial score (nSPS) is 11.4. The molecule has 0 atom stereocenters. The van der Waals surface area contributed by atoms with Crippen molar-refractivity contribution < 1.29 is 9.72 Å². The lowest BCUT2D eigenvalue weighted by Gasteiger charge is -2.09. The molecule has 1 N–H and O–H groups in total. The second-order valence-corrected chi connectivity index (χ2v) is 10.4. The van der Waals surface area contributed by atoms with E-state index in [-0.39, 0.29) is 17.3 Å². The Bertz CT molecular complexity index is 1600. The minimum atomic E-state index is -0.444. The molecule has 5 aromatic rings. The van der Waals surface area contributed by atoms with Gasteiger partial charge in [-0.05, 0) is 29.8 Å². The molecule has 0 spiro atoms. The largest absolute Gasteiger partial charge is 0.284 e. The van der Waals surface area contributed by atoms with Crippen LogP contribution < -0.4 is 10.2 Å². The highest BCUT2D eigenvalue weighted by Crippen LogP contribution is 2.28. The monoisotopic (exact) mass is 547 g/mol. The minimum Gasteiger partial charge on any atom is -0.284 e. The molecule has 0 saturated heterocycles. The number of rotatable bonds is 8. The van der Waals surface area contributed by atoms with Gasteiger partial charge < -0.3 is 0 Å². The van der Waals surface area contributed by atoms with Crippen LogP contribution in [-0.2, 0) is 4.79 Å². The van der Waals surface area contributed by atoms with Crippen LogP contribution in [0.2, 0.25) is 0 Å². The first-order valence-corrected chi connectivity index (χ1v) is 13.5. The third kappa shape index (κ3) is 5.80. The molecule has 0 bridgehead atoms. The van der Waals surface area contributed by atoms with Gasteiger partial charge in [0.25, 0.3) is 11.6 Å². The Balaban J connectivity index is 1.35. The number of nitro groups is 1. The zero-order valence-electron chi connectivity index (χ0n) is 18.9. The fourth-order valence-corrected chi connectivity index (χ4v) is 5.79. The van der Waals surface area contributed by atoms with Crippen molar-refractivity contribution in [2.45, 2.75) is 4.34 Å². The molecule has 0 aliphatic carbocycles. The van der Waals surface area contributed by atoms with Crippen LogP contribution in [0, 0.1) is 10.1 Å². The van der Waals surface area contributed by atoms with E-state index in [1.54, 1.807) is 18.3 Å². The molecular weight excluding hydrogens is 531 g/mol. The maximum atomic E-state index is 12.5. The van der Waals surface area contributed by atoms with Crippen LogP contribution >= 0.6 is 34.4 Å². The van der Waals surface area contributed by atoms with Crippen molar-refractivity contribution in [2.75, 3.05) is 5.75 Å². The lowest BCUT2D eigenvalue weighted by atomic mass is 10.1. The molecule has 0 aliphatic heterocycles. The Morgan fingerprint density at radius 2 is 1.84 bits per heavy atom. The van der Waals surface area contributed by atoms with Gasteiger partial charge in [0.05, 0.1) is 16.4 Å². The minimum absolute atomic E-state index is 0.00691. The van der Waals surface area contributed by atoms with Crippen molar-refractivity contribution in [3.63, 3.8) is 0 Å². The van der Waals surface area contributed by atoms with E-state index in [0.717, 1.165) is 17.0 Å². The average molecular weight is 548 g/mol. The summed E-state index contributed by atoms with van der Waals surface area (Å²) in [6.45, 7) is 0. The maximum absolute atomic E-state index is 12.5. The summed E-state index contributed by atoms with van der Waals surface area (Å²) in [6, 6.07) is 21.4. The molecule has 13 heteroatoms. The summed E-state index contributed by atoms with van der Waals surface area (Å²) in [7, 11) is 0. The fraction of sp³-hybridized carbons (Fsp3) is 0.0417. The summed E-state index contributed by atoms with van der Waals surface area (Å²) in [5.41, 5.74) is 5.80. The molecular formula is C24H17N7O3S3. The molecule has 3 heterocycles. The number of nitrogens with zero attached hydrogens (tertiary/aromatic N) is 6. The number of amides is 1. The Labute approximate surface area is 222 Å². The molecule has 10 nitrogen and oxygen atoms in total. The Morgan fingerprint density at radius 3 is 2.57 bits per heavy atom. The van der Waals surface area contributed by atoms with Crippen LogP contribution in [0.25, 0.3) is 27.6 Å². The Hall–Kier alpha value is -4.20. The summed E-state index contributed by atoms with van der Waals surface area (Å²) in [6.07, 6.45) is 1.69. The predicted octanol–water partition coefficient (Wildman–Crippen LogP) is 4.75.